The van der Waals surface area contributed by atoms with Crippen molar-refractivity contribution in [1.82, 2.24) is 5.12 Å². The van der Waals surface area contributed by atoms with E-state index >= 15 is 0 Å². The van der Waals surface area contributed by atoms with E-state index in [1.165, 1.54) is 0 Å². The summed E-state index contributed by atoms with van der Waals surface area (Å²) < 4.78 is 4.71. The molecule has 0 aromatic rings. The molecule has 0 saturated heterocycles. The highest BCUT2D eigenvalue weighted by molar-refractivity contribution is 4.30. The van der Waals surface area contributed by atoms with Crippen LogP contribution < -0.4 is 0 Å². The number of ether oxygens (including phenoxy) is 1. The predicted octanol–water partition coefficient (Wildman–Crippen LogP) is -0.292. The van der Waals surface area contributed by atoms with Crippen molar-refractivity contribution in [3.63, 3.8) is 0 Å². The Hall–Kier alpha value is -1.44. The van der Waals surface area contributed by atoms with Gasteiger partial charge in [-0.25, -0.2) is 20.2 Å². The van der Waals surface area contributed by atoms with Gasteiger partial charge in [0.15, 0.2) is 11.7 Å². The van der Waals surface area contributed by atoms with Crippen LogP contribution in [0.15, 0.2) is 0 Å². The molecule has 0 fully saturated rings. The topological polar surface area (TPSA) is 98.8 Å². The van der Waals surface area contributed by atoms with Crippen LogP contribution in [0.25, 0.3) is 0 Å². The summed E-state index contributed by atoms with van der Waals surface area (Å²) in [6.45, 7) is 1.69. The summed E-state index contributed by atoms with van der Waals surface area (Å²) >= 11 is 0. The van der Waals surface area contributed by atoms with E-state index in [2.05, 4.69) is 0 Å². The monoisotopic (exact) mass is 179 g/mol. The molecule has 0 unspecified atom stereocenters. The van der Waals surface area contributed by atoms with Crippen LogP contribution in [0, 0.1) is 20.2 Å². The van der Waals surface area contributed by atoms with Gasteiger partial charge in [0.25, 0.3) is 0 Å². The molecule has 0 aliphatic heterocycles. The lowest BCUT2D eigenvalue weighted by Crippen LogP contribution is -2.38. The predicted molar refractivity (Wildman–Crippen MR) is 37.2 cm³/mol. The van der Waals surface area contributed by atoms with Gasteiger partial charge >= 0.3 is 0 Å². The van der Waals surface area contributed by atoms with Crippen LogP contribution in [0.5, 0.6) is 0 Å². The zero-order chi connectivity index (χ0) is 9.56. The molecule has 0 heterocycles. The van der Waals surface area contributed by atoms with Crippen molar-refractivity contribution in [2.45, 2.75) is 6.92 Å². The van der Waals surface area contributed by atoms with Crippen LogP contribution in [0.3, 0.4) is 0 Å². The second-order valence-electron chi connectivity index (χ2n) is 1.77. The van der Waals surface area contributed by atoms with E-state index < -0.39 is 10.1 Å². The van der Waals surface area contributed by atoms with Gasteiger partial charge in [-0.05, 0) is 6.92 Å². The van der Waals surface area contributed by atoms with E-state index in [9.17, 15) is 20.2 Å². The second kappa shape index (κ2) is 5.24. The largest absolute Gasteiger partial charge is 0.379 e. The molecule has 70 valence electrons. The molecule has 0 aromatic heterocycles. The van der Waals surface area contributed by atoms with Gasteiger partial charge < -0.3 is 4.74 Å². The van der Waals surface area contributed by atoms with Crippen molar-refractivity contribution < 1.29 is 14.8 Å². The van der Waals surface area contributed by atoms with E-state index in [1.54, 1.807) is 6.92 Å². The third-order valence-electron chi connectivity index (χ3n) is 1.02. The molecule has 0 amide bonds. The summed E-state index contributed by atoms with van der Waals surface area (Å²) in [5, 5.41) is 17.7. The summed E-state index contributed by atoms with van der Waals surface area (Å²) in [5.74, 6) is 0. The van der Waals surface area contributed by atoms with E-state index in [-0.39, 0.29) is 18.3 Å². The number of rotatable bonds is 6. The average molecular weight is 179 g/mol. The highest BCUT2D eigenvalue weighted by Gasteiger charge is 2.25. The van der Waals surface area contributed by atoms with Crippen LogP contribution in [0.2, 0.25) is 0 Å². The van der Waals surface area contributed by atoms with Crippen LogP contribution in [0.4, 0.5) is 0 Å². The number of hydrazine groups is 2. The van der Waals surface area contributed by atoms with Gasteiger partial charge in [0, 0.05) is 6.61 Å². The second-order valence-corrected chi connectivity index (χ2v) is 1.77. The zero-order valence-corrected chi connectivity index (χ0v) is 6.50. The minimum atomic E-state index is -1.08. The van der Waals surface area contributed by atoms with Gasteiger partial charge in [0.1, 0.15) is 0 Å². The lowest BCUT2D eigenvalue weighted by molar-refractivity contribution is -0.907. The highest BCUT2D eigenvalue weighted by atomic mass is 16.8. The maximum Gasteiger partial charge on any atom is 0.222 e. The molecule has 0 spiro atoms. The fraction of sp³-hybridized carbons (Fsp3) is 1.00. The Bertz CT molecular complexity index is 158. The minimum absolute atomic E-state index is 0.0293. The van der Waals surface area contributed by atoms with Gasteiger partial charge in [-0.2, -0.15) is 0 Å². The Labute approximate surface area is 68.0 Å². The quantitative estimate of drug-likeness (QED) is 0.315. The SMILES string of the molecule is CCOCCN([N+](=O)[O-])[N+](=O)[O-]. The number of nitro groups is 2. The number of hydrogen-bond donors (Lipinski definition) is 0. The van der Waals surface area contributed by atoms with Crippen LogP contribution in [-0.2, 0) is 4.74 Å². The summed E-state index contributed by atoms with van der Waals surface area (Å²) in [6.07, 6.45) is 0. The summed E-state index contributed by atoms with van der Waals surface area (Å²) in [5.41, 5.74) is 0. The standard InChI is InChI=1S/C4H9N3O5/c1-2-12-4-3-5(6(8)9)7(10)11/h2-4H2,1H3. The first-order valence-corrected chi connectivity index (χ1v) is 3.23. The van der Waals surface area contributed by atoms with Gasteiger partial charge in [-0.1, -0.05) is 0 Å². The molecule has 12 heavy (non-hydrogen) atoms. The smallest absolute Gasteiger partial charge is 0.222 e. The molecule has 0 atom stereocenters. The van der Waals surface area contributed by atoms with Crippen molar-refractivity contribution in [3.05, 3.63) is 20.2 Å². The van der Waals surface area contributed by atoms with Crippen LogP contribution in [-0.4, -0.2) is 34.9 Å². The molecule has 0 bridgehead atoms. The summed E-state index contributed by atoms with van der Waals surface area (Å²) in [4.78, 5) is 19.9. The molecular formula is C4H9N3O5. The molecule has 0 saturated carbocycles. The van der Waals surface area contributed by atoms with Crippen LogP contribution >= 0.6 is 0 Å². The van der Waals surface area contributed by atoms with Crippen molar-refractivity contribution in [3.8, 4) is 0 Å². The first-order valence-electron chi connectivity index (χ1n) is 3.23. The van der Waals surface area contributed by atoms with E-state index in [0.29, 0.717) is 6.61 Å². The molecular weight excluding hydrogens is 170 g/mol. The Morgan fingerprint density at radius 1 is 1.33 bits per heavy atom. The maximum absolute atomic E-state index is 9.97. The van der Waals surface area contributed by atoms with Crippen molar-refractivity contribution in [2.24, 2.45) is 0 Å². The molecule has 0 aliphatic carbocycles. The maximum atomic E-state index is 9.97. The number of nitrogens with zero attached hydrogens (tertiary/aromatic N) is 3. The lowest BCUT2D eigenvalue weighted by Gasteiger charge is -2.02. The molecule has 0 rings (SSSR count). The van der Waals surface area contributed by atoms with Gasteiger partial charge in [-0.3, -0.25) is 0 Å². The Morgan fingerprint density at radius 3 is 2.17 bits per heavy atom. The van der Waals surface area contributed by atoms with Gasteiger partial charge in [0.05, 0.1) is 6.61 Å². The molecule has 8 heteroatoms. The van der Waals surface area contributed by atoms with Gasteiger partial charge in [-0.15, -0.1) is 0 Å². The third kappa shape index (κ3) is 3.66. The van der Waals surface area contributed by atoms with Crippen molar-refractivity contribution in [1.29, 1.82) is 0 Å². The first kappa shape index (κ1) is 10.6. The molecule has 0 radical (unpaired) electrons. The Morgan fingerprint density at radius 2 is 1.83 bits per heavy atom. The number of hydrogen-bond acceptors (Lipinski definition) is 5. The third-order valence-corrected chi connectivity index (χ3v) is 1.02. The Balaban J connectivity index is 3.80. The summed E-state index contributed by atoms with van der Waals surface area (Å²) in [6, 6.07) is 0. The Kier molecular flexibility index (Phi) is 4.61. The molecule has 0 N–H and O–H groups in total. The van der Waals surface area contributed by atoms with Gasteiger partial charge in [0.2, 0.25) is 10.1 Å². The minimum Gasteiger partial charge on any atom is -0.379 e. The zero-order valence-electron chi connectivity index (χ0n) is 6.50. The molecule has 0 aromatic carbocycles. The lowest BCUT2D eigenvalue weighted by atomic mass is 10.7. The van der Waals surface area contributed by atoms with Crippen molar-refractivity contribution in [2.75, 3.05) is 19.8 Å². The summed E-state index contributed by atoms with van der Waals surface area (Å²) in [7, 11) is 0. The molecule has 0 aliphatic rings. The molecule has 8 nitrogen and oxygen atoms in total. The average Bonchev–Trinajstić information content (AvgIpc) is 1.96. The van der Waals surface area contributed by atoms with E-state index in [0.717, 1.165) is 0 Å². The van der Waals surface area contributed by atoms with Crippen molar-refractivity contribution >= 4 is 0 Å². The normalized spacial score (nSPS) is 9.42. The highest BCUT2D eigenvalue weighted by Crippen LogP contribution is 1.88. The first-order chi connectivity index (χ1) is 5.59. The van der Waals surface area contributed by atoms with E-state index in [4.69, 9.17) is 4.74 Å². The fourth-order valence-electron chi connectivity index (χ4n) is 0.513. The van der Waals surface area contributed by atoms with Crippen LogP contribution in [0.1, 0.15) is 6.92 Å². The fourth-order valence-corrected chi connectivity index (χ4v) is 0.513. The van der Waals surface area contributed by atoms with E-state index in [1.807, 2.05) is 0 Å².